The lowest BCUT2D eigenvalue weighted by atomic mass is 9.82. The van der Waals surface area contributed by atoms with E-state index in [1.807, 2.05) is 34.6 Å². The Morgan fingerprint density at radius 2 is 1.71 bits per heavy atom. The van der Waals surface area contributed by atoms with E-state index >= 15 is 0 Å². The molecule has 4 nitrogen and oxygen atoms in total. The molecule has 122 valence electrons. The van der Waals surface area contributed by atoms with Gasteiger partial charge in [-0.1, -0.05) is 33.6 Å². The van der Waals surface area contributed by atoms with E-state index in [0.717, 1.165) is 32.1 Å². The van der Waals surface area contributed by atoms with Crippen molar-refractivity contribution in [3.05, 3.63) is 0 Å². The van der Waals surface area contributed by atoms with Crippen LogP contribution >= 0.6 is 0 Å². The number of hydrogen-bond acceptors (Lipinski definition) is 3. The number of hydrogen-bond donors (Lipinski definition) is 1. The monoisotopic (exact) mass is 297 g/mol. The molecule has 1 N–H and O–H groups in total. The molecule has 1 saturated carbocycles. The van der Waals surface area contributed by atoms with Crippen molar-refractivity contribution in [2.45, 2.75) is 85.3 Å². The molecular formula is C17H31NO3. The molecule has 1 fully saturated rings. The van der Waals surface area contributed by atoms with Crippen molar-refractivity contribution in [2.24, 2.45) is 11.3 Å². The summed E-state index contributed by atoms with van der Waals surface area (Å²) in [6.07, 6.45) is 4.88. The van der Waals surface area contributed by atoms with Crippen molar-refractivity contribution in [1.82, 2.24) is 5.32 Å². The topological polar surface area (TPSA) is 55.4 Å². The molecule has 1 aliphatic carbocycles. The number of rotatable bonds is 5. The third kappa shape index (κ3) is 4.72. The van der Waals surface area contributed by atoms with Gasteiger partial charge in [-0.05, 0) is 46.0 Å². The number of esters is 1. The summed E-state index contributed by atoms with van der Waals surface area (Å²) in [5.74, 6) is -0.304. The second kappa shape index (κ2) is 6.80. The van der Waals surface area contributed by atoms with Gasteiger partial charge in [-0.3, -0.25) is 4.79 Å². The van der Waals surface area contributed by atoms with Crippen molar-refractivity contribution < 1.29 is 14.3 Å². The molecule has 0 saturated heterocycles. The molecule has 0 aromatic rings. The van der Waals surface area contributed by atoms with E-state index in [0.29, 0.717) is 0 Å². The maximum absolute atomic E-state index is 12.7. The fourth-order valence-corrected chi connectivity index (χ4v) is 2.95. The summed E-state index contributed by atoms with van der Waals surface area (Å²) in [6.45, 7) is 11.4. The zero-order valence-corrected chi connectivity index (χ0v) is 14.4. The van der Waals surface area contributed by atoms with Gasteiger partial charge in [-0.15, -0.1) is 0 Å². The molecule has 1 amide bonds. The van der Waals surface area contributed by atoms with Gasteiger partial charge in [0.25, 0.3) is 0 Å². The van der Waals surface area contributed by atoms with E-state index in [-0.39, 0.29) is 23.2 Å². The van der Waals surface area contributed by atoms with Gasteiger partial charge in [0.05, 0.1) is 0 Å². The Morgan fingerprint density at radius 3 is 2.10 bits per heavy atom. The van der Waals surface area contributed by atoms with Crippen molar-refractivity contribution in [1.29, 1.82) is 0 Å². The standard InChI is InChI=1S/C17H31NO3/c1-7-17(10-8-9-11-17)15(20)18-13(12(2)3)14(19)21-16(4,5)6/h12-13H,7-11H2,1-6H3,(H,18,20)/t13-/m1/s1. The third-order valence-electron chi connectivity index (χ3n) is 4.33. The van der Waals surface area contributed by atoms with Gasteiger partial charge in [0.2, 0.25) is 5.91 Å². The number of carbonyl (C=O) groups excluding carboxylic acids is 2. The quantitative estimate of drug-likeness (QED) is 0.791. The molecule has 0 aromatic heterocycles. The van der Waals surface area contributed by atoms with Gasteiger partial charge in [-0.2, -0.15) is 0 Å². The Hall–Kier alpha value is -1.06. The van der Waals surface area contributed by atoms with Crippen LogP contribution in [0.1, 0.15) is 73.6 Å². The molecular weight excluding hydrogens is 266 g/mol. The highest BCUT2D eigenvalue weighted by molar-refractivity contribution is 5.88. The van der Waals surface area contributed by atoms with Gasteiger partial charge >= 0.3 is 5.97 Å². The van der Waals surface area contributed by atoms with Crippen molar-refractivity contribution >= 4 is 11.9 Å². The summed E-state index contributed by atoms with van der Waals surface area (Å²) in [6, 6.07) is -0.569. The Kier molecular flexibility index (Phi) is 5.83. The molecule has 1 aliphatic rings. The second-order valence-corrected chi connectivity index (χ2v) is 7.57. The van der Waals surface area contributed by atoms with E-state index in [4.69, 9.17) is 4.74 Å². The van der Waals surface area contributed by atoms with Gasteiger partial charge in [-0.25, -0.2) is 4.79 Å². The second-order valence-electron chi connectivity index (χ2n) is 7.57. The van der Waals surface area contributed by atoms with Crippen LogP contribution in [0.15, 0.2) is 0 Å². The average Bonchev–Trinajstić information content (AvgIpc) is 2.82. The molecule has 0 heterocycles. The van der Waals surface area contributed by atoms with Crippen LogP contribution in [0.2, 0.25) is 0 Å². The molecule has 0 aromatic carbocycles. The lowest BCUT2D eigenvalue weighted by molar-refractivity contribution is -0.160. The van der Waals surface area contributed by atoms with Gasteiger partial charge in [0.1, 0.15) is 11.6 Å². The SMILES string of the molecule is CCC1(C(=O)N[C@@H](C(=O)OC(C)(C)C)C(C)C)CCCC1. The van der Waals surface area contributed by atoms with Crippen LogP contribution in [0.4, 0.5) is 0 Å². The number of carbonyl (C=O) groups is 2. The highest BCUT2D eigenvalue weighted by Crippen LogP contribution is 2.41. The lowest BCUT2D eigenvalue weighted by Gasteiger charge is -2.31. The molecule has 1 atom stereocenters. The van der Waals surface area contributed by atoms with Crippen LogP contribution in [0, 0.1) is 11.3 Å². The van der Waals surface area contributed by atoms with Crippen molar-refractivity contribution in [3.8, 4) is 0 Å². The van der Waals surface area contributed by atoms with Crippen LogP contribution in [0.25, 0.3) is 0 Å². The minimum atomic E-state index is -0.569. The van der Waals surface area contributed by atoms with Crippen LogP contribution in [0.3, 0.4) is 0 Å². The zero-order chi connectivity index (χ0) is 16.3. The molecule has 4 heteroatoms. The minimum Gasteiger partial charge on any atom is -0.458 e. The van der Waals surface area contributed by atoms with Crippen LogP contribution < -0.4 is 5.32 Å². The number of ether oxygens (including phenoxy) is 1. The Morgan fingerprint density at radius 1 is 1.19 bits per heavy atom. The number of amides is 1. The third-order valence-corrected chi connectivity index (χ3v) is 4.33. The first-order valence-electron chi connectivity index (χ1n) is 8.15. The Bertz CT molecular complexity index is 376. The molecule has 21 heavy (non-hydrogen) atoms. The Balaban J connectivity index is 2.79. The first-order valence-corrected chi connectivity index (χ1v) is 8.15. The largest absolute Gasteiger partial charge is 0.458 e. The normalized spacial score (nSPS) is 19.4. The van der Waals surface area contributed by atoms with Crippen LogP contribution in [-0.2, 0) is 14.3 Å². The summed E-state index contributed by atoms with van der Waals surface area (Å²) >= 11 is 0. The molecule has 0 aliphatic heterocycles. The first-order chi connectivity index (χ1) is 9.61. The predicted octanol–water partition coefficient (Wildman–Crippen LogP) is 3.44. The summed E-state index contributed by atoms with van der Waals surface area (Å²) in [5, 5.41) is 2.96. The van der Waals surface area contributed by atoms with Crippen molar-refractivity contribution in [2.75, 3.05) is 0 Å². The maximum Gasteiger partial charge on any atom is 0.329 e. The maximum atomic E-state index is 12.7. The van der Waals surface area contributed by atoms with E-state index in [1.54, 1.807) is 0 Å². The predicted molar refractivity (Wildman–Crippen MR) is 83.8 cm³/mol. The van der Waals surface area contributed by atoms with E-state index < -0.39 is 11.6 Å². The smallest absolute Gasteiger partial charge is 0.329 e. The lowest BCUT2D eigenvalue weighted by Crippen LogP contribution is -2.51. The fourth-order valence-electron chi connectivity index (χ4n) is 2.95. The van der Waals surface area contributed by atoms with Crippen molar-refractivity contribution in [3.63, 3.8) is 0 Å². The van der Waals surface area contributed by atoms with Gasteiger partial charge < -0.3 is 10.1 Å². The average molecular weight is 297 g/mol. The minimum absolute atomic E-state index is 0.0131. The fraction of sp³-hybridized carbons (Fsp3) is 0.882. The number of nitrogens with one attached hydrogen (secondary N) is 1. The summed E-state index contributed by atoms with van der Waals surface area (Å²) in [4.78, 5) is 25.0. The van der Waals surface area contributed by atoms with Crippen LogP contribution in [-0.4, -0.2) is 23.5 Å². The van der Waals surface area contributed by atoms with E-state index in [2.05, 4.69) is 12.2 Å². The molecule has 0 unspecified atom stereocenters. The van der Waals surface area contributed by atoms with E-state index in [1.165, 1.54) is 0 Å². The highest BCUT2D eigenvalue weighted by Gasteiger charge is 2.41. The summed E-state index contributed by atoms with van der Waals surface area (Å²) in [7, 11) is 0. The van der Waals surface area contributed by atoms with Gasteiger partial charge in [0.15, 0.2) is 0 Å². The Labute approximate surface area is 129 Å². The summed E-state index contributed by atoms with van der Waals surface area (Å²) in [5.41, 5.74) is -0.820. The first kappa shape index (κ1) is 18.0. The zero-order valence-electron chi connectivity index (χ0n) is 14.4. The molecule has 0 bridgehead atoms. The summed E-state index contributed by atoms with van der Waals surface area (Å²) < 4.78 is 5.44. The molecule has 1 rings (SSSR count). The van der Waals surface area contributed by atoms with E-state index in [9.17, 15) is 9.59 Å². The van der Waals surface area contributed by atoms with Crippen LogP contribution in [0.5, 0.6) is 0 Å². The molecule has 0 spiro atoms. The van der Waals surface area contributed by atoms with Gasteiger partial charge in [0, 0.05) is 5.41 Å². The molecule has 0 radical (unpaired) electrons. The highest BCUT2D eigenvalue weighted by atomic mass is 16.6.